The Hall–Kier alpha value is -0.860. The Balaban J connectivity index is 2.29. The van der Waals surface area contributed by atoms with Crippen molar-refractivity contribution < 1.29 is 4.74 Å². The summed E-state index contributed by atoms with van der Waals surface area (Å²) in [6.45, 7) is 8.68. The van der Waals surface area contributed by atoms with E-state index in [1.54, 1.807) is 0 Å². The molecular formula is C18H29NO. The van der Waals surface area contributed by atoms with Crippen LogP contribution in [-0.4, -0.2) is 19.3 Å². The highest BCUT2D eigenvalue weighted by molar-refractivity contribution is 5.35. The number of benzene rings is 1. The van der Waals surface area contributed by atoms with E-state index in [1.807, 2.05) is 0 Å². The number of hydrogen-bond donors (Lipinski definition) is 1. The molecule has 1 aromatic rings. The fourth-order valence-electron chi connectivity index (χ4n) is 3.08. The maximum absolute atomic E-state index is 5.98. The summed E-state index contributed by atoms with van der Waals surface area (Å²) in [5.74, 6) is 0. The fourth-order valence-corrected chi connectivity index (χ4v) is 3.08. The minimum absolute atomic E-state index is 0.346. The normalized spacial score (nSPS) is 20.2. The van der Waals surface area contributed by atoms with Crippen molar-refractivity contribution >= 4 is 0 Å². The van der Waals surface area contributed by atoms with Crippen molar-refractivity contribution in [2.45, 2.75) is 65.0 Å². The molecule has 2 heteroatoms. The molecule has 1 saturated heterocycles. The van der Waals surface area contributed by atoms with Crippen LogP contribution >= 0.6 is 0 Å². The van der Waals surface area contributed by atoms with E-state index < -0.39 is 0 Å². The molecule has 1 fully saturated rings. The van der Waals surface area contributed by atoms with E-state index in [4.69, 9.17) is 4.74 Å². The number of rotatable bonds is 7. The Labute approximate surface area is 123 Å². The van der Waals surface area contributed by atoms with E-state index in [0.717, 1.165) is 32.4 Å². The average Bonchev–Trinajstić information content (AvgIpc) is 3.01. The number of aryl methyl sites for hydroxylation is 2. The Bertz CT molecular complexity index is 410. The molecule has 112 valence electrons. The number of nitrogens with one attached hydrogen (secondary N) is 1. The van der Waals surface area contributed by atoms with Crippen molar-refractivity contribution in [3.05, 3.63) is 34.9 Å². The van der Waals surface area contributed by atoms with Crippen molar-refractivity contribution in [1.82, 2.24) is 5.32 Å². The van der Waals surface area contributed by atoms with Gasteiger partial charge in [-0.3, -0.25) is 0 Å². The second-order valence-corrected chi connectivity index (χ2v) is 5.72. The van der Waals surface area contributed by atoms with Crippen LogP contribution in [-0.2, 0) is 17.6 Å². The van der Waals surface area contributed by atoms with Crippen molar-refractivity contribution in [3.8, 4) is 0 Å². The highest BCUT2D eigenvalue weighted by Crippen LogP contribution is 2.30. The van der Waals surface area contributed by atoms with E-state index in [-0.39, 0.29) is 0 Å². The van der Waals surface area contributed by atoms with E-state index in [1.165, 1.54) is 29.5 Å². The van der Waals surface area contributed by atoms with Crippen molar-refractivity contribution in [2.75, 3.05) is 13.2 Å². The lowest BCUT2D eigenvalue weighted by molar-refractivity contribution is 0.0780. The van der Waals surface area contributed by atoms with Crippen LogP contribution in [0, 0.1) is 0 Å². The summed E-state index contributed by atoms with van der Waals surface area (Å²) in [7, 11) is 0. The maximum atomic E-state index is 5.98. The summed E-state index contributed by atoms with van der Waals surface area (Å²) in [4.78, 5) is 0. The first-order chi connectivity index (χ1) is 9.80. The first-order valence-electron chi connectivity index (χ1n) is 8.26. The minimum Gasteiger partial charge on any atom is -0.376 e. The largest absolute Gasteiger partial charge is 0.376 e. The fraction of sp³-hybridized carbons (Fsp3) is 0.667. The zero-order chi connectivity index (χ0) is 14.4. The predicted molar refractivity (Wildman–Crippen MR) is 85.2 cm³/mol. The van der Waals surface area contributed by atoms with Crippen LogP contribution in [0.15, 0.2) is 18.2 Å². The molecule has 1 aliphatic rings. The van der Waals surface area contributed by atoms with Gasteiger partial charge >= 0.3 is 0 Å². The Morgan fingerprint density at radius 2 is 2.10 bits per heavy atom. The van der Waals surface area contributed by atoms with Gasteiger partial charge in [-0.05, 0) is 55.3 Å². The first kappa shape index (κ1) is 15.5. The quantitative estimate of drug-likeness (QED) is 0.811. The smallest absolute Gasteiger partial charge is 0.0770 e. The van der Waals surface area contributed by atoms with Crippen LogP contribution in [0.2, 0.25) is 0 Å². The van der Waals surface area contributed by atoms with E-state index >= 15 is 0 Å². The molecule has 2 atom stereocenters. The van der Waals surface area contributed by atoms with Gasteiger partial charge in [0.2, 0.25) is 0 Å². The van der Waals surface area contributed by atoms with E-state index in [0.29, 0.717) is 12.1 Å². The third-order valence-corrected chi connectivity index (χ3v) is 4.29. The molecule has 1 N–H and O–H groups in total. The Morgan fingerprint density at radius 3 is 2.70 bits per heavy atom. The highest BCUT2D eigenvalue weighted by atomic mass is 16.5. The minimum atomic E-state index is 0.346. The third-order valence-electron chi connectivity index (χ3n) is 4.29. The molecule has 1 aromatic carbocycles. The van der Waals surface area contributed by atoms with Gasteiger partial charge in [0.15, 0.2) is 0 Å². The zero-order valence-electron chi connectivity index (χ0n) is 13.2. The molecule has 0 bridgehead atoms. The maximum Gasteiger partial charge on any atom is 0.0770 e. The van der Waals surface area contributed by atoms with Crippen LogP contribution in [0.3, 0.4) is 0 Å². The van der Waals surface area contributed by atoms with Crippen molar-refractivity contribution in [2.24, 2.45) is 0 Å². The monoisotopic (exact) mass is 275 g/mol. The summed E-state index contributed by atoms with van der Waals surface area (Å²) >= 11 is 0. The van der Waals surface area contributed by atoms with Gasteiger partial charge in [0, 0.05) is 6.61 Å². The van der Waals surface area contributed by atoms with E-state index in [2.05, 4.69) is 44.3 Å². The molecule has 0 saturated carbocycles. The topological polar surface area (TPSA) is 21.3 Å². The molecule has 1 heterocycles. The molecule has 2 nitrogen and oxygen atoms in total. The van der Waals surface area contributed by atoms with Gasteiger partial charge in [-0.25, -0.2) is 0 Å². The lowest BCUT2D eigenvalue weighted by Gasteiger charge is -2.27. The Morgan fingerprint density at radius 1 is 1.25 bits per heavy atom. The van der Waals surface area contributed by atoms with Gasteiger partial charge in [-0.1, -0.05) is 39.0 Å². The van der Waals surface area contributed by atoms with Crippen molar-refractivity contribution in [1.29, 1.82) is 0 Å². The summed E-state index contributed by atoms with van der Waals surface area (Å²) in [5, 5.41) is 3.73. The van der Waals surface area contributed by atoms with Crippen LogP contribution < -0.4 is 5.32 Å². The molecule has 0 spiro atoms. The second-order valence-electron chi connectivity index (χ2n) is 5.72. The summed E-state index contributed by atoms with van der Waals surface area (Å²) in [5.41, 5.74) is 4.36. The van der Waals surface area contributed by atoms with Gasteiger partial charge in [-0.2, -0.15) is 0 Å². The first-order valence-corrected chi connectivity index (χ1v) is 8.26. The van der Waals surface area contributed by atoms with Crippen LogP contribution in [0.25, 0.3) is 0 Å². The third kappa shape index (κ3) is 3.62. The van der Waals surface area contributed by atoms with Gasteiger partial charge in [0.25, 0.3) is 0 Å². The van der Waals surface area contributed by atoms with Crippen LogP contribution in [0.4, 0.5) is 0 Å². The molecule has 0 amide bonds. The molecule has 0 radical (unpaired) electrons. The van der Waals surface area contributed by atoms with Crippen molar-refractivity contribution in [3.63, 3.8) is 0 Å². The van der Waals surface area contributed by atoms with Gasteiger partial charge in [0.05, 0.1) is 12.1 Å². The summed E-state index contributed by atoms with van der Waals surface area (Å²) in [6.07, 6.45) is 6.08. The van der Waals surface area contributed by atoms with Gasteiger partial charge in [0.1, 0.15) is 0 Å². The molecular weight excluding hydrogens is 246 g/mol. The standard InChI is InChI=1S/C18H29NO/c1-4-11-19-18(17-8-7-12-20-17)16-13-14(5-2)9-10-15(16)6-3/h9-10,13,17-19H,4-8,11-12H2,1-3H3. The molecule has 0 aliphatic carbocycles. The molecule has 2 unspecified atom stereocenters. The SMILES string of the molecule is CCCNC(c1cc(CC)ccc1CC)C1CCCO1. The molecule has 2 rings (SSSR count). The predicted octanol–water partition coefficient (Wildman–Crippen LogP) is 4.03. The van der Waals surface area contributed by atoms with Gasteiger partial charge in [-0.15, -0.1) is 0 Å². The summed E-state index contributed by atoms with van der Waals surface area (Å²) < 4.78 is 5.98. The van der Waals surface area contributed by atoms with Crippen LogP contribution in [0.5, 0.6) is 0 Å². The second kappa shape index (κ2) is 7.80. The zero-order valence-corrected chi connectivity index (χ0v) is 13.2. The molecule has 1 aliphatic heterocycles. The van der Waals surface area contributed by atoms with E-state index in [9.17, 15) is 0 Å². The Kier molecular flexibility index (Phi) is 6.06. The average molecular weight is 275 g/mol. The lowest BCUT2D eigenvalue weighted by atomic mass is 9.91. The lowest BCUT2D eigenvalue weighted by Crippen LogP contribution is -2.33. The molecule has 0 aromatic heterocycles. The number of ether oxygens (including phenoxy) is 1. The highest BCUT2D eigenvalue weighted by Gasteiger charge is 2.28. The molecule has 20 heavy (non-hydrogen) atoms. The number of hydrogen-bond acceptors (Lipinski definition) is 2. The van der Waals surface area contributed by atoms with Crippen LogP contribution in [0.1, 0.15) is 62.8 Å². The van der Waals surface area contributed by atoms with Gasteiger partial charge < -0.3 is 10.1 Å². The summed E-state index contributed by atoms with van der Waals surface area (Å²) in [6, 6.07) is 7.34.